The van der Waals surface area contributed by atoms with Gasteiger partial charge in [0.05, 0.1) is 19.8 Å². The van der Waals surface area contributed by atoms with Crippen molar-refractivity contribution in [2.45, 2.75) is 19.1 Å². The largest absolute Gasteiger partial charge is 0.392 e. The van der Waals surface area contributed by atoms with Crippen LogP contribution in [0.5, 0.6) is 0 Å². The number of ether oxygens (including phenoxy) is 1. The Kier molecular flexibility index (Phi) is 4.46. The van der Waals surface area contributed by atoms with Gasteiger partial charge >= 0.3 is 0 Å². The SMILES string of the molecule is OCc1c(Cl)cccc1N1CCC(N2CCOCC2)C1. The summed E-state index contributed by atoms with van der Waals surface area (Å²) in [7, 11) is 0. The Morgan fingerprint density at radius 3 is 2.80 bits per heavy atom. The van der Waals surface area contributed by atoms with E-state index in [1.165, 1.54) is 0 Å². The van der Waals surface area contributed by atoms with Crippen molar-refractivity contribution < 1.29 is 9.84 Å². The van der Waals surface area contributed by atoms with Gasteiger partial charge in [-0.3, -0.25) is 4.90 Å². The molecule has 20 heavy (non-hydrogen) atoms. The van der Waals surface area contributed by atoms with Gasteiger partial charge in [-0.15, -0.1) is 0 Å². The summed E-state index contributed by atoms with van der Waals surface area (Å²) < 4.78 is 5.42. The fourth-order valence-electron chi connectivity index (χ4n) is 3.20. The molecule has 1 aromatic carbocycles. The molecule has 0 spiro atoms. The Balaban J connectivity index is 1.72. The van der Waals surface area contributed by atoms with Gasteiger partial charge in [0.1, 0.15) is 0 Å². The molecule has 4 nitrogen and oxygen atoms in total. The fourth-order valence-corrected chi connectivity index (χ4v) is 3.43. The maximum absolute atomic E-state index is 9.54. The van der Waals surface area contributed by atoms with Crippen molar-refractivity contribution in [3.05, 3.63) is 28.8 Å². The molecule has 5 heteroatoms. The van der Waals surface area contributed by atoms with Crippen LogP contribution in [-0.4, -0.2) is 55.4 Å². The van der Waals surface area contributed by atoms with Gasteiger partial charge in [-0.05, 0) is 18.6 Å². The summed E-state index contributed by atoms with van der Waals surface area (Å²) in [5, 5.41) is 10.2. The van der Waals surface area contributed by atoms with Crippen molar-refractivity contribution >= 4 is 17.3 Å². The lowest BCUT2D eigenvalue weighted by atomic mass is 10.1. The van der Waals surface area contributed by atoms with Crippen LogP contribution in [0.15, 0.2) is 18.2 Å². The van der Waals surface area contributed by atoms with Crippen molar-refractivity contribution in [2.24, 2.45) is 0 Å². The van der Waals surface area contributed by atoms with Crippen LogP contribution in [-0.2, 0) is 11.3 Å². The molecular weight excluding hydrogens is 276 g/mol. The molecule has 2 saturated heterocycles. The second kappa shape index (κ2) is 6.31. The second-order valence-corrected chi connectivity index (χ2v) is 5.84. The van der Waals surface area contributed by atoms with Gasteiger partial charge in [-0.2, -0.15) is 0 Å². The van der Waals surface area contributed by atoms with Crippen LogP contribution in [0, 0.1) is 0 Å². The zero-order chi connectivity index (χ0) is 13.9. The molecule has 2 fully saturated rings. The van der Waals surface area contributed by atoms with Gasteiger partial charge in [-0.25, -0.2) is 0 Å². The third-order valence-electron chi connectivity index (χ3n) is 4.32. The lowest BCUT2D eigenvalue weighted by Crippen LogP contribution is -2.44. The average Bonchev–Trinajstić information content (AvgIpc) is 2.97. The first-order valence-corrected chi connectivity index (χ1v) is 7.62. The maximum atomic E-state index is 9.54. The molecule has 0 aromatic heterocycles. The van der Waals surface area contributed by atoms with Gasteiger partial charge in [0.15, 0.2) is 0 Å². The van der Waals surface area contributed by atoms with E-state index in [4.69, 9.17) is 16.3 Å². The predicted molar refractivity (Wildman–Crippen MR) is 80.4 cm³/mol. The molecule has 1 unspecified atom stereocenters. The number of aliphatic hydroxyl groups is 1. The molecule has 0 saturated carbocycles. The third kappa shape index (κ3) is 2.79. The van der Waals surface area contributed by atoms with Gasteiger partial charge < -0.3 is 14.7 Å². The van der Waals surface area contributed by atoms with Gasteiger partial charge in [-0.1, -0.05) is 17.7 Å². The van der Waals surface area contributed by atoms with Crippen LogP contribution >= 0.6 is 11.6 Å². The summed E-state index contributed by atoms with van der Waals surface area (Å²) in [5.41, 5.74) is 1.92. The lowest BCUT2D eigenvalue weighted by molar-refractivity contribution is 0.0209. The zero-order valence-corrected chi connectivity index (χ0v) is 12.4. The van der Waals surface area contributed by atoms with Crippen molar-refractivity contribution in [1.29, 1.82) is 0 Å². The number of hydrogen-bond donors (Lipinski definition) is 1. The van der Waals surface area contributed by atoms with Gasteiger partial charge in [0.2, 0.25) is 0 Å². The molecule has 2 heterocycles. The zero-order valence-electron chi connectivity index (χ0n) is 11.6. The summed E-state index contributed by atoms with van der Waals surface area (Å²) in [4.78, 5) is 4.87. The van der Waals surface area contributed by atoms with Crippen LogP contribution in [0.1, 0.15) is 12.0 Å². The summed E-state index contributed by atoms with van der Waals surface area (Å²) in [6.45, 7) is 5.77. The first-order valence-electron chi connectivity index (χ1n) is 7.24. The Morgan fingerprint density at radius 1 is 1.25 bits per heavy atom. The molecule has 110 valence electrons. The molecule has 0 aliphatic carbocycles. The van der Waals surface area contributed by atoms with E-state index in [0.29, 0.717) is 11.1 Å². The van der Waals surface area contributed by atoms with E-state index in [1.54, 1.807) is 0 Å². The van der Waals surface area contributed by atoms with E-state index in [9.17, 15) is 5.11 Å². The van der Waals surface area contributed by atoms with E-state index in [2.05, 4.69) is 15.9 Å². The number of rotatable bonds is 3. The normalized spacial score (nSPS) is 24.3. The number of halogens is 1. The predicted octanol–water partition coefficient (Wildman–Crippen LogP) is 1.74. The highest BCUT2D eigenvalue weighted by Crippen LogP contribution is 2.31. The summed E-state index contributed by atoms with van der Waals surface area (Å²) in [5.74, 6) is 0. The first kappa shape index (κ1) is 14.1. The Labute approximate surface area is 124 Å². The summed E-state index contributed by atoms with van der Waals surface area (Å²) in [6.07, 6.45) is 1.16. The molecule has 1 aromatic rings. The molecule has 3 rings (SSSR count). The number of aliphatic hydroxyl groups excluding tert-OH is 1. The first-order chi connectivity index (χ1) is 9.79. The van der Waals surface area contributed by atoms with E-state index < -0.39 is 0 Å². The molecule has 2 aliphatic rings. The molecular formula is C15H21ClN2O2. The smallest absolute Gasteiger partial charge is 0.0716 e. The maximum Gasteiger partial charge on any atom is 0.0716 e. The molecule has 1 atom stereocenters. The van der Waals surface area contributed by atoms with Crippen LogP contribution < -0.4 is 4.90 Å². The Bertz CT molecular complexity index is 463. The number of benzene rings is 1. The van der Waals surface area contributed by atoms with Crippen LogP contribution in [0.2, 0.25) is 5.02 Å². The fraction of sp³-hybridized carbons (Fsp3) is 0.600. The van der Waals surface area contributed by atoms with Crippen molar-refractivity contribution in [3.63, 3.8) is 0 Å². The highest BCUT2D eigenvalue weighted by molar-refractivity contribution is 6.31. The Morgan fingerprint density at radius 2 is 2.05 bits per heavy atom. The standard InChI is InChI=1S/C15H21ClN2O2/c16-14-2-1-3-15(13(14)11-19)18-5-4-12(10-18)17-6-8-20-9-7-17/h1-3,12,19H,4-11H2. The van der Waals surface area contributed by atoms with Crippen molar-refractivity contribution in [1.82, 2.24) is 4.90 Å². The van der Waals surface area contributed by atoms with E-state index in [0.717, 1.165) is 57.1 Å². The molecule has 2 aliphatic heterocycles. The van der Waals surface area contributed by atoms with E-state index >= 15 is 0 Å². The number of morpholine rings is 1. The molecule has 0 radical (unpaired) electrons. The highest BCUT2D eigenvalue weighted by Gasteiger charge is 2.29. The monoisotopic (exact) mass is 296 g/mol. The van der Waals surface area contributed by atoms with Gasteiger partial charge in [0, 0.05) is 48.5 Å². The Hall–Kier alpha value is -0.810. The van der Waals surface area contributed by atoms with E-state index in [-0.39, 0.29) is 6.61 Å². The van der Waals surface area contributed by atoms with Gasteiger partial charge in [0.25, 0.3) is 0 Å². The number of nitrogens with zero attached hydrogens (tertiary/aromatic N) is 2. The second-order valence-electron chi connectivity index (χ2n) is 5.43. The highest BCUT2D eigenvalue weighted by atomic mass is 35.5. The minimum Gasteiger partial charge on any atom is -0.392 e. The van der Waals surface area contributed by atoms with Crippen LogP contribution in [0.25, 0.3) is 0 Å². The third-order valence-corrected chi connectivity index (χ3v) is 4.67. The quantitative estimate of drug-likeness (QED) is 0.922. The van der Waals surface area contributed by atoms with Crippen molar-refractivity contribution in [3.8, 4) is 0 Å². The lowest BCUT2D eigenvalue weighted by Gasteiger charge is -2.32. The van der Waals surface area contributed by atoms with Crippen molar-refractivity contribution in [2.75, 3.05) is 44.3 Å². The van der Waals surface area contributed by atoms with Crippen LogP contribution in [0.4, 0.5) is 5.69 Å². The molecule has 1 N–H and O–H groups in total. The number of anilines is 1. The summed E-state index contributed by atoms with van der Waals surface area (Å²) >= 11 is 6.18. The minimum absolute atomic E-state index is 0.00622. The van der Waals surface area contributed by atoms with E-state index in [1.807, 2.05) is 12.1 Å². The molecule has 0 amide bonds. The summed E-state index contributed by atoms with van der Waals surface area (Å²) in [6, 6.07) is 6.44. The van der Waals surface area contributed by atoms with Crippen LogP contribution in [0.3, 0.4) is 0 Å². The minimum atomic E-state index is -0.00622. The average molecular weight is 297 g/mol. The molecule has 0 bridgehead atoms. The topological polar surface area (TPSA) is 35.9 Å². The number of hydrogen-bond acceptors (Lipinski definition) is 4.